The fraction of sp³-hybridized carbons (Fsp3) is 0.562. The smallest absolute Gasteiger partial charge is 0.317 e. The van der Waals surface area contributed by atoms with Crippen molar-refractivity contribution in [2.24, 2.45) is 0 Å². The van der Waals surface area contributed by atoms with Crippen molar-refractivity contribution in [3.05, 3.63) is 35.4 Å². The maximum absolute atomic E-state index is 13.4. The lowest BCUT2D eigenvalue weighted by molar-refractivity contribution is -0.138. The summed E-state index contributed by atoms with van der Waals surface area (Å²) in [5.74, 6) is -2.58. The van der Waals surface area contributed by atoms with Gasteiger partial charge in [0.15, 0.2) is 11.6 Å². The van der Waals surface area contributed by atoms with Gasteiger partial charge in [-0.2, -0.15) is 0 Å². The Labute approximate surface area is 134 Å². The first kappa shape index (κ1) is 17.8. The minimum atomic E-state index is -0.879. The number of hydrogen-bond acceptors (Lipinski definition) is 4. The number of rotatable bonds is 6. The highest BCUT2D eigenvalue weighted by Gasteiger charge is 2.26. The zero-order valence-electron chi connectivity index (χ0n) is 13.3. The summed E-state index contributed by atoms with van der Waals surface area (Å²) in [7, 11) is 1.73. The molecule has 5 nitrogen and oxygen atoms in total. The number of halogens is 2. The molecule has 0 aliphatic carbocycles. The Hall–Kier alpha value is -1.57. The maximum Gasteiger partial charge on any atom is 0.317 e. The molecule has 0 amide bonds. The molecule has 2 rings (SSSR count). The van der Waals surface area contributed by atoms with Crippen LogP contribution in [0.2, 0.25) is 0 Å². The molecule has 1 fully saturated rings. The fourth-order valence-corrected chi connectivity index (χ4v) is 2.83. The van der Waals surface area contributed by atoms with Crippen LogP contribution in [0.3, 0.4) is 0 Å². The largest absolute Gasteiger partial charge is 0.480 e. The van der Waals surface area contributed by atoms with Crippen LogP contribution < -0.4 is 0 Å². The molecule has 0 bridgehead atoms. The number of aliphatic carboxylic acids is 1. The number of hydrogen-bond donors (Lipinski definition) is 1. The Morgan fingerprint density at radius 1 is 1.48 bits per heavy atom. The van der Waals surface area contributed by atoms with Crippen molar-refractivity contribution >= 4 is 5.97 Å². The van der Waals surface area contributed by atoms with Crippen molar-refractivity contribution in [1.82, 2.24) is 9.80 Å². The highest BCUT2D eigenvalue weighted by molar-refractivity contribution is 5.69. The lowest BCUT2D eigenvalue weighted by atomic mass is 10.1. The van der Waals surface area contributed by atoms with Crippen LogP contribution in [0.4, 0.5) is 8.78 Å². The van der Waals surface area contributed by atoms with Gasteiger partial charge in [0.25, 0.3) is 0 Å². The first-order valence-electron chi connectivity index (χ1n) is 7.57. The summed E-state index contributed by atoms with van der Waals surface area (Å²) in [4.78, 5) is 14.5. The van der Waals surface area contributed by atoms with Gasteiger partial charge in [-0.25, -0.2) is 8.78 Å². The monoisotopic (exact) mass is 328 g/mol. The van der Waals surface area contributed by atoms with E-state index in [-0.39, 0.29) is 18.7 Å². The SMILES string of the molecule is CC(c1ccc(F)c(F)c1)N1CCOC(CN(C)CC(=O)O)C1. The van der Waals surface area contributed by atoms with E-state index in [1.165, 1.54) is 6.07 Å². The van der Waals surface area contributed by atoms with Crippen molar-refractivity contribution in [2.75, 3.05) is 39.8 Å². The van der Waals surface area contributed by atoms with E-state index < -0.39 is 17.6 Å². The molecule has 7 heteroatoms. The molecule has 1 aliphatic heterocycles. The number of morpholine rings is 1. The normalized spacial score (nSPS) is 20.7. The van der Waals surface area contributed by atoms with Gasteiger partial charge in [0, 0.05) is 25.7 Å². The van der Waals surface area contributed by atoms with E-state index in [1.807, 2.05) is 6.92 Å². The maximum atomic E-state index is 13.4. The van der Waals surface area contributed by atoms with Gasteiger partial charge in [-0.05, 0) is 31.7 Å². The van der Waals surface area contributed by atoms with Crippen LogP contribution in [0.1, 0.15) is 18.5 Å². The second-order valence-electron chi connectivity index (χ2n) is 5.93. The van der Waals surface area contributed by atoms with Crippen LogP contribution >= 0.6 is 0 Å². The van der Waals surface area contributed by atoms with Crippen molar-refractivity contribution in [1.29, 1.82) is 0 Å². The minimum Gasteiger partial charge on any atom is -0.480 e. The predicted molar refractivity (Wildman–Crippen MR) is 81.2 cm³/mol. The number of ether oxygens (including phenoxy) is 1. The Bertz CT molecular complexity index is 556. The molecule has 1 aliphatic rings. The molecule has 1 N–H and O–H groups in total. The second-order valence-corrected chi connectivity index (χ2v) is 5.93. The summed E-state index contributed by atoms with van der Waals surface area (Å²) in [6, 6.07) is 3.88. The van der Waals surface area contributed by atoms with Crippen LogP contribution in [-0.4, -0.2) is 66.8 Å². The standard InChI is InChI=1S/C16H22F2N2O3/c1-11(12-3-4-14(17)15(18)7-12)20-5-6-23-13(9-20)8-19(2)10-16(21)22/h3-4,7,11,13H,5-6,8-10H2,1-2H3,(H,21,22). The van der Waals surface area contributed by atoms with Gasteiger partial charge in [0.05, 0.1) is 19.3 Å². The highest BCUT2D eigenvalue weighted by atomic mass is 19.2. The van der Waals surface area contributed by atoms with E-state index in [0.29, 0.717) is 31.8 Å². The molecule has 0 aromatic heterocycles. The number of likely N-dealkylation sites (N-methyl/N-ethyl adjacent to an activating group) is 1. The van der Waals surface area contributed by atoms with Crippen molar-refractivity contribution < 1.29 is 23.4 Å². The molecular weight excluding hydrogens is 306 g/mol. The summed E-state index contributed by atoms with van der Waals surface area (Å²) in [6.07, 6.45) is -0.110. The van der Waals surface area contributed by atoms with Crippen LogP contribution in [0.5, 0.6) is 0 Å². The Morgan fingerprint density at radius 3 is 2.87 bits per heavy atom. The molecule has 1 heterocycles. The summed E-state index contributed by atoms with van der Waals surface area (Å²) in [5, 5.41) is 8.79. The zero-order valence-corrected chi connectivity index (χ0v) is 13.3. The van der Waals surface area contributed by atoms with Crippen molar-refractivity contribution in [3.63, 3.8) is 0 Å². The van der Waals surface area contributed by atoms with Gasteiger partial charge >= 0.3 is 5.97 Å². The van der Waals surface area contributed by atoms with Crippen LogP contribution in [0.15, 0.2) is 18.2 Å². The van der Waals surface area contributed by atoms with Crippen molar-refractivity contribution in [2.45, 2.75) is 19.1 Å². The third-order valence-corrected chi connectivity index (χ3v) is 4.06. The summed E-state index contributed by atoms with van der Waals surface area (Å²) >= 11 is 0. The molecular formula is C16H22F2N2O3. The van der Waals surface area contributed by atoms with Crippen molar-refractivity contribution in [3.8, 4) is 0 Å². The van der Waals surface area contributed by atoms with E-state index in [9.17, 15) is 13.6 Å². The number of nitrogens with zero attached hydrogens (tertiary/aromatic N) is 2. The molecule has 23 heavy (non-hydrogen) atoms. The molecule has 2 atom stereocenters. The Kier molecular flexibility index (Phi) is 6.04. The number of carboxylic acid groups (broad SMARTS) is 1. The van der Waals surface area contributed by atoms with Gasteiger partial charge in [0.2, 0.25) is 0 Å². The molecule has 1 aromatic rings. The third kappa shape index (κ3) is 4.95. The van der Waals surface area contributed by atoms with E-state index >= 15 is 0 Å². The van der Waals surface area contributed by atoms with Gasteiger partial charge < -0.3 is 9.84 Å². The van der Waals surface area contributed by atoms with Crippen LogP contribution in [0, 0.1) is 11.6 Å². The average molecular weight is 328 g/mol. The molecule has 0 saturated carbocycles. The van der Waals surface area contributed by atoms with E-state index in [0.717, 1.165) is 6.07 Å². The number of carboxylic acids is 1. The molecule has 128 valence electrons. The van der Waals surface area contributed by atoms with Crippen LogP contribution in [-0.2, 0) is 9.53 Å². The predicted octanol–water partition coefficient (Wildman–Crippen LogP) is 1.74. The first-order valence-corrected chi connectivity index (χ1v) is 7.57. The highest BCUT2D eigenvalue weighted by Crippen LogP contribution is 2.24. The van der Waals surface area contributed by atoms with Gasteiger partial charge in [-0.15, -0.1) is 0 Å². The molecule has 0 spiro atoms. The molecule has 1 saturated heterocycles. The Balaban J connectivity index is 1.96. The second kappa shape index (κ2) is 7.81. The average Bonchev–Trinajstić information content (AvgIpc) is 2.48. The summed E-state index contributed by atoms with van der Waals surface area (Å²) in [6.45, 7) is 4.24. The lowest BCUT2D eigenvalue weighted by Gasteiger charge is -2.38. The lowest BCUT2D eigenvalue weighted by Crippen LogP contribution is -2.48. The van der Waals surface area contributed by atoms with Gasteiger partial charge in [-0.1, -0.05) is 6.07 Å². The van der Waals surface area contributed by atoms with Gasteiger partial charge in [0.1, 0.15) is 0 Å². The van der Waals surface area contributed by atoms with E-state index in [4.69, 9.17) is 9.84 Å². The quantitative estimate of drug-likeness (QED) is 0.862. The number of benzene rings is 1. The summed E-state index contributed by atoms with van der Waals surface area (Å²) in [5.41, 5.74) is 0.712. The van der Waals surface area contributed by atoms with E-state index in [1.54, 1.807) is 18.0 Å². The molecule has 2 unspecified atom stereocenters. The topological polar surface area (TPSA) is 53.0 Å². The molecule has 1 aromatic carbocycles. The minimum absolute atomic E-state index is 0.0431. The van der Waals surface area contributed by atoms with Gasteiger partial charge in [-0.3, -0.25) is 14.6 Å². The Morgan fingerprint density at radius 2 is 2.22 bits per heavy atom. The van der Waals surface area contributed by atoms with Crippen LogP contribution in [0.25, 0.3) is 0 Å². The third-order valence-electron chi connectivity index (χ3n) is 4.06. The first-order chi connectivity index (χ1) is 10.9. The summed E-state index contributed by atoms with van der Waals surface area (Å²) < 4.78 is 32.1. The number of carbonyl (C=O) groups is 1. The van der Waals surface area contributed by atoms with E-state index in [2.05, 4.69) is 4.90 Å². The fourth-order valence-electron chi connectivity index (χ4n) is 2.83. The molecule has 0 radical (unpaired) electrons. The zero-order chi connectivity index (χ0) is 17.0.